The Labute approximate surface area is 154 Å². The average Bonchev–Trinajstić information content (AvgIpc) is 3.10. The number of benzene rings is 1. The van der Waals surface area contributed by atoms with Crippen molar-refractivity contribution in [2.24, 2.45) is 11.8 Å². The third-order valence-electron chi connectivity index (χ3n) is 5.59. The van der Waals surface area contributed by atoms with Crippen molar-refractivity contribution < 1.29 is 13.0 Å². The Bertz CT molecular complexity index is 895. The zero-order valence-electron chi connectivity index (χ0n) is 15.4. The second-order valence-corrected chi connectivity index (χ2v) is 9.75. The number of hydrogen-bond donors (Lipinski definition) is 0. The summed E-state index contributed by atoms with van der Waals surface area (Å²) >= 11 is 0. The van der Waals surface area contributed by atoms with E-state index in [0.717, 1.165) is 38.0 Å². The Balaban J connectivity index is 1.73. The van der Waals surface area contributed by atoms with E-state index < -0.39 is 10.0 Å². The van der Waals surface area contributed by atoms with Crippen LogP contribution in [0.4, 0.5) is 5.69 Å². The van der Waals surface area contributed by atoms with Gasteiger partial charge in [0.25, 0.3) is 0 Å². The highest BCUT2D eigenvalue weighted by atomic mass is 32.2. The van der Waals surface area contributed by atoms with Crippen LogP contribution in [0.15, 0.2) is 21.7 Å². The summed E-state index contributed by atoms with van der Waals surface area (Å²) in [6, 6.07) is 3.54. The molecule has 7 nitrogen and oxygen atoms in total. The predicted octanol–water partition coefficient (Wildman–Crippen LogP) is 2.88. The fraction of sp³-hybridized carbons (Fsp3) is 0.667. The van der Waals surface area contributed by atoms with E-state index in [1.807, 2.05) is 6.07 Å². The third-order valence-corrected chi connectivity index (χ3v) is 7.49. The van der Waals surface area contributed by atoms with Gasteiger partial charge in [-0.1, -0.05) is 13.8 Å². The van der Waals surface area contributed by atoms with Crippen LogP contribution >= 0.6 is 0 Å². The summed E-state index contributed by atoms with van der Waals surface area (Å²) in [4.78, 5) is 2.47. The molecule has 8 heteroatoms. The largest absolute Gasteiger partial charge is 0.369 e. The topological polar surface area (TPSA) is 79.5 Å². The maximum Gasteiger partial charge on any atom is 0.245 e. The van der Waals surface area contributed by atoms with Gasteiger partial charge in [0.05, 0.1) is 5.69 Å². The second kappa shape index (κ2) is 6.81. The van der Waals surface area contributed by atoms with Crippen LogP contribution in [-0.2, 0) is 10.0 Å². The van der Waals surface area contributed by atoms with Gasteiger partial charge < -0.3 is 4.90 Å². The van der Waals surface area contributed by atoms with Crippen molar-refractivity contribution in [1.82, 2.24) is 14.6 Å². The summed E-state index contributed by atoms with van der Waals surface area (Å²) in [7, 11) is -3.60. The molecule has 1 aromatic carbocycles. The molecule has 0 saturated carbocycles. The van der Waals surface area contributed by atoms with E-state index in [4.69, 9.17) is 4.63 Å². The average molecular weight is 378 g/mol. The molecule has 0 bridgehead atoms. The molecule has 2 atom stereocenters. The first-order chi connectivity index (χ1) is 12.5. The second-order valence-electron chi connectivity index (χ2n) is 7.85. The molecule has 0 radical (unpaired) electrons. The van der Waals surface area contributed by atoms with Gasteiger partial charge in [-0.2, -0.15) is 4.31 Å². The molecule has 2 aromatic rings. The minimum Gasteiger partial charge on any atom is -0.369 e. The molecule has 2 saturated heterocycles. The van der Waals surface area contributed by atoms with Crippen LogP contribution in [0.1, 0.15) is 39.5 Å². The number of nitrogens with zero attached hydrogens (tertiary/aromatic N) is 4. The summed E-state index contributed by atoms with van der Waals surface area (Å²) in [5.74, 6) is 0.982. The van der Waals surface area contributed by atoms with Crippen molar-refractivity contribution in [1.29, 1.82) is 0 Å². The number of aromatic nitrogens is 2. The molecule has 0 amide bonds. The fourth-order valence-corrected chi connectivity index (χ4v) is 5.92. The van der Waals surface area contributed by atoms with Crippen LogP contribution in [-0.4, -0.2) is 49.2 Å². The summed E-state index contributed by atoms with van der Waals surface area (Å²) in [5.41, 5.74) is 1.81. The molecular formula is C18H26N4O3S. The van der Waals surface area contributed by atoms with Crippen molar-refractivity contribution in [2.75, 3.05) is 31.1 Å². The Morgan fingerprint density at radius 2 is 1.69 bits per heavy atom. The first kappa shape index (κ1) is 17.7. The maximum absolute atomic E-state index is 13.2. The lowest BCUT2D eigenvalue weighted by Crippen LogP contribution is -2.39. The Kier molecular flexibility index (Phi) is 4.64. The summed E-state index contributed by atoms with van der Waals surface area (Å²) in [6.45, 7) is 7.33. The molecule has 0 unspecified atom stereocenters. The lowest BCUT2D eigenvalue weighted by atomic mass is 9.99. The molecule has 2 aliphatic rings. The zero-order valence-corrected chi connectivity index (χ0v) is 16.2. The van der Waals surface area contributed by atoms with E-state index >= 15 is 0 Å². The number of hydrogen-bond acceptors (Lipinski definition) is 6. The van der Waals surface area contributed by atoms with E-state index in [-0.39, 0.29) is 4.90 Å². The van der Waals surface area contributed by atoms with Gasteiger partial charge in [-0.15, -0.1) is 0 Å². The normalized spacial score (nSPS) is 25.7. The van der Waals surface area contributed by atoms with E-state index in [2.05, 4.69) is 29.1 Å². The van der Waals surface area contributed by atoms with Crippen LogP contribution in [0.3, 0.4) is 0 Å². The Hall–Kier alpha value is -1.67. The SMILES string of the molecule is C[C@@H]1CCCN(c2ccc(S(=O)(=O)N3CCC[C@@H](C)C3)c3nonc23)C1. The quantitative estimate of drug-likeness (QED) is 0.817. The minimum atomic E-state index is -3.60. The van der Waals surface area contributed by atoms with Crippen molar-refractivity contribution >= 4 is 26.7 Å². The molecule has 1 aromatic heterocycles. The minimum absolute atomic E-state index is 0.205. The van der Waals surface area contributed by atoms with Crippen molar-refractivity contribution in [3.8, 4) is 0 Å². The van der Waals surface area contributed by atoms with E-state index in [9.17, 15) is 8.42 Å². The smallest absolute Gasteiger partial charge is 0.245 e. The molecule has 26 heavy (non-hydrogen) atoms. The summed E-state index contributed by atoms with van der Waals surface area (Å²) < 4.78 is 32.9. The van der Waals surface area contributed by atoms with Gasteiger partial charge in [0.1, 0.15) is 4.90 Å². The van der Waals surface area contributed by atoms with Crippen LogP contribution in [0.25, 0.3) is 11.0 Å². The van der Waals surface area contributed by atoms with Crippen LogP contribution in [0, 0.1) is 11.8 Å². The van der Waals surface area contributed by atoms with Gasteiger partial charge in [0.2, 0.25) is 10.0 Å². The monoisotopic (exact) mass is 378 g/mol. The summed E-state index contributed by atoms with van der Waals surface area (Å²) in [6.07, 6.45) is 4.30. The molecule has 0 spiro atoms. The fourth-order valence-electron chi connectivity index (χ4n) is 4.21. The summed E-state index contributed by atoms with van der Waals surface area (Å²) in [5, 5.41) is 8.00. The third kappa shape index (κ3) is 3.09. The van der Waals surface area contributed by atoms with Crippen LogP contribution in [0.5, 0.6) is 0 Å². The van der Waals surface area contributed by atoms with Gasteiger partial charge in [-0.25, -0.2) is 13.0 Å². The van der Waals surface area contributed by atoms with Crippen molar-refractivity contribution in [3.63, 3.8) is 0 Å². The molecule has 142 valence electrons. The van der Waals surface area contributed by atoms with Crippen molar-refractivity contribution in [2.45, 2.75) is 44.4 Å². The zero-order chi connectivity index (χ0) is 18.3. The highest BCUT2D eigenvalue weighted by Gasteiger charge is 2.32. The van der Waals surface area contributed by atoms with Crippen LogP contribution in [0.2, 0.25) is 0 Å². The van der Waals surface area contributed by atoms with Gasteiger partial charge in [-0.3, -0.25) is 0 Å². The molecule has 2 fully saturated rings. The molecule has 4 rings (SSSR count). The number of anilines is 1. The molecular weight excluding hydrogens is 352 g/mol. The lowest BCUT2D eigenvalue weighted by molar-refractivity contribution is 0.281. The Morgan fingerprint density at radius 3 is 2.42 bits per heavy atom. The number of sulfonamides is 1. The van der Waals surface area contributed by atoms with E-state index in [1.54, 1.807) is 10.4 Å². The standard InChI is InChI=1S/C18H26N4O3S/c1-13-5-3-9-21(11-13)15-7-8-16(18-17(15)19-25-20-18)26(23,24)22-10-4-6-14(2)12-22/h7-8,13-14H,3-6,9-12H2,1-2H3/t13-,14-/m1/s1. The Morgan fingerprint density at radius 1 is 1.00 bits per heavy atom. The van der Waals surface area contributed by atoms with E-state index in [1.165, 1.54) is 6.42 Å². The molecule has 3 heterocycles. The van der Waals surface area contributed by atoms with Crippen LogP contribution < -0.4 is 4.90 Å². The van der Waals surface area contributed by atoms with Gasteiger partial charge in [0.15, 0.2) is 11.0 Å². The van der Waals surface area contributed by atoms with E-state index in [0.29, 0.717) is 36.0 Å². The predicted molar refractivity (Wildman–Crippen MR) is 99.6 cm³/mol. The van der Waals surface area contributed by atoms with Crippen molar-refractivity contribution in [3.05, 3.63) is 12.1 Å². The first-order valence-corrected chi connectivity index (χ1v) is 10.9. The molecule has 0 N–H and O–H groups in total. The maximum atomic E-state index is 13.2. The van der Waals surface area contributed by atoms with Gasteiger partial charge in [0, 0.05) is 26.2 Å². The van der Waals surface area contributed by atoms with Gasteiger partial charge >= 0.3 is 0 Å². The number of rotatable bonds is 3. The number of piperidine rings is 2. The molecule has 0 aliphatic carbocycles. The highest BCUT2D eigenvalue weighted by molar-refractivity contribution is 7.89. The number of fused-ring (bicyclic) bond motifs is 1. The lowest BCUT2D eigenvalue weighted by Gasteiger charge is -2.33. The van der Waals surface area contributed by atoms with Gasteiger partial charge in [-0.05, 0) is 60.0 Å². The first-order valence-electron chi connectivity index (χ1n) is 9.47. The highest BCUT2D eigenvalue weighted by Crippen LogP contribution is 2.34. The molecule has 2 aliphatic heterocycles.